The maximum atomic E-state index is 12.4. The molecule has 0 unspecified atom stereocenters. The fourth-order valence-corrected chi connectivity index (χ4v) is 2.81. The Morgan fingerprint density at radius 1 is 0.968 bits per heavy atom. The second kappa shape index (κ2) is 10.1. The number of hydrogen-bond donors (Lipinski definition) is 2. The summed E-state index contributed by atoms with van der Waals surface area (Å²) in [5.41, 5.74) is 1.07. The number of para-hydroxylation sites is 2. The van der Waals surface area contributed by atoms with Crippen molar-refractivity contribution in [2.75, 3.05) is 33.2 Å². The number of amides is 2. The number of carbonyl (C=O) groups excluding carboxylic acids is 2. The van der Waals surface area contributed by atoms with Gasteiger partial charge in [0.15, 0.2) is 5.69 Å². The van der Waals surface area contributed by atoms with Gasteiger partial charge in [-0.1, -0.05) is 17.3 Å². The number of aromatic nitrogens is 3. The van der Waals surface area contributed by atoms with Crippen molar-refractivity contribution in [3.05, 3.63) is 59.9 Å². The third-order valence-electron chi connectivity index (χ3n) is 4.41. The van der Waals surface area contributed by atoms with Crippen LogP contribution < -0.4 is 24.8 Å². The molecule has 2 aromatic carbocycles. The van der Waals surface area contributed by atoms with Crippen LogP contribution in [0.1, 0.15) is 20.8 Å². The highest BCUT2D eigenvalue weighted by atomic mass is 16.5. The van der Waals surface area contributed by atoms with E-state index in [-0.39, 0.29) is 18.1 Å². The molecule has 0 saturated heterocycles. The van der Waals surface area contributed by atoms with E-state index in [1.807, 2.05) is 0 Å². The first-order valence-electron chi connectivity index (χ1n) is 9.40. The lowest BCUT2D eigenvalue weighted by atomic mass is 10.1. The molecule has 2 amide bonds. The number of benzene rings is 2. The van der Waals surface area contributed by atoms with E-state index < -0.39 is 5.91 Å². The van der Waals surface area contributed by atoms with Crippen LogP contribution in [-0.4, -0.2) is 54.7 Å². The third kappa shape index (κ3) is 5.30. The Morgan fingerprint density at radius 3 is 2.48 bits per heavy atom. The number of ether oxygens (including phenoxy) is 3. The van der Waals surface area contributed by atoms with Crippen molar-refractivity contribution in [2.45, 2.75) is 6.54 Å². The Bertz CT molecular complexity index is 1070. The largest absolute Gasteiger partial charge is 0.497 e. The molecule has 0 bridgehead atoms. The average Bonchev–Trinajstić information content (AvgIpc) is 3.28. The molecule has 1 heterocycles. The minimum atomic E-state index is -0.414. The summed E-state index contributed by atoms with van der Waals surface area (Å²) in [5, 5.41) is 13.3. The summed E-state index contributed by atoms with van der Waals surface area (Å²) in [4.78, 5) is 24.8. The molecule has 0 radical (unpaired) electrons. The molecule has 1 aromatic heterocycles. The molecule has 0 aliphatic rings. The Morgan fingerprint density at radius 2 is 1.74 bits per heavy atom. The van der Waals surface area contributed by atoms with Crippen LogP contribution in [0.4, 0.5) is 5.69 Å². The van der Waals surface area contributed by atoms with E-state index in [0.29, 0.717) is 35.0 Å². The van der Waals surface area contributed by atoms with Crippen LogP contribution >= 0.6 is 0 Å². The summed E-state index contributed by atoms with van der Waals surface area (Å²) in [7, 11) is 4.55. The van der Waals surface area contributed by atoms with Crippen molar-refractivity contribution in [3.8, 4) is 17.2 Å². The van der Waals surface area contributed by atoms with Crippen molar-refractivity contribution in [3.63, 3.8) is 0 Å². The van der Waals surface area contributed by atoms with Gasteiger partial charge in [0.2, 0.25) is 0 Å². The first kappa shape index (κ1) is 21.6. The Hall–Kier alpha value is -4.08. The quantitative estimate of drug-likeness (QED) is 0.538. The normalized spacial score (nSPS) is 10.3. The van der Waals surface area contributed by atoms with Gasteiger partial charge >= 0.3 is 0 Å². The zero-order valence-corrected chi connectivity index (χ0v) is 17.4. The van der Waals surface area contributed by atoms with Gasteiger partial charge in [-0.25, -0.2) is 4.68 Å². The van der Waals surface area contributed by atoms with Crippen LogP contribution in [0.2, 0.25) is 0 Å². The van der Waals surface area contributed by atoms with Gasteiger partial charge in [0.25, 0.3) is 11.8 Å². The zero-order chi connectivity index (χ0) is 22.2. The van der Waals surface area contributed by atoms with E-state index in [4.69, 9.17) is 14.2 Å². The van der Waals surface area contributed by atoms with Crippen LogP contribution in [0.15, 0.2) is 48.7 Å². The molecule has 0 spiro atoms. The molecule has 2 N–H and O–H groups in total. The molecular formula is C21H23N5O5. The second-order valence-electron chi connectivity index (χ2n) is 6.34. The number of carbonyl (C=O) groups is 2. The van der Waals surface area contributed by atoms with Crippen LogP contribution in [-0.2, 0) is 6.54 Å². The van der Waals surface area contributed by atoms with Gasteiger partial charge in [0.1, 0.15) is 17.2 Å². The summed E-state index contributed by atoms with van der Waals surface area (Å²) >= 11 is 0. The minimum Gasteiger partial charge on any atom is -0.497 e. The fraction of sp³-hybridized carbons (Fsp3) is 0.238. The van der Waals surface area contributed by atoms with Gasteiger partial charge in [-0.3, -0.25) is 9.59 Å². The van der Waals surface area contributed by atoms with Gasteiger partial charge < -0.3 is 24.8 Å². The summed E-state index contributed by atoms with van der Waals surface area (Å²) in [6.45, 7) is 0.615. The summed E-state index contributed by atoms with van der Waals surface area (Å²) in [6.07, 6.45) is 1.50. The molecule has 31 heavy (non-hydrogen) atoms. The predicted molar refractivity (Wildman–Crippen MR) is 113 cm³/mol. The second-order valence-corrected chi connectivity index (χ2v) is 6.34. The van der Waals surface area contributed by atoms with Crippen LogP contribution in [0.5, 0.6) is 17.2 Å². The minimum absolute atomic E-state index is 0.147. The molecule has 0 saturated carbocycles. The molecule has 10 nitrogen and oxygen atoms in total. The summed E-state index contributed by atoms with van der Waals surface area (Å²) in [6, 6.07) is 12.0. The molecule has 162 valence electrons. The van der Waals surface area contributed by atoms with Gasteiger partial charge in [0.05, 0.1) is 45.3 Å². The van der Waals surface area contributed by atoms with Crippen molar-refractivity contribution < 1.29 is 23.8 Å². The topological polar surface area (TPSA) is 117 Å². The van der Waals surface area contributed by atoms with E-state index in [0.717, 1.165) is 0 Å². The Balaban J connectivity index is 1.56. The molecule has 0 fully saturated rings. The number of nitrogens with one attached hydrogen (secondary N) is 2. The first-order chi connectivity index (χ1) is 15.0. The highest BCUT2D eigenvalue weighted by molar-refractivity contribution is 6.03. The molecule has 0 aliphatic heterocycles. The molecule has 3 aromatic rings. The average molecular weight is 425 g/mol. The van der Waals surface area contributed by atoms with Crippen molar-refractivity contribution >= 4 is 17.5 Å². The standard InChI is InChI=1S/C21H23N5O5/c1-29-14-8-9-15(19(12-14)31-3)20(27)22-10-11-26-13-17(24-25-26)21(28)23-16-6-4-5-7-18(16)30-2/h4-9,12-13H,10-11H2,1-3H3,(H,22,27)(H,23,28). The van der Waals surface area contributed by atoms with E-state index >= 15 is 0 Å². The Labute approximate surface area is 179 Å². The van der Waals surface area contributed by atoms with Gasteiger partial charge in [-0.05, 0) is 24.3 Å². The van der Waals surface area contributed by atoms with Crippen molar-refractivity contribution in [1.29, 1.82) is 0 Å². The van der Waals surface area contributed by atoms with Gasteiger partial charge in [-0.15, -0.1) is 5.10 Å². The summed E-state index contributed by atoms with van der Waals surface area (Å²) < 4.78 is 17.1. The summed E-state index contributed by atoms with van der Waals surface area (Å²) in [5.74, 6) is 0.833. The number of hydrogen-bond acceptors (Lipinski definition) is 7. The smallest absolute Gasteiger partial charge is 0.277 e. The van der Waals surface area contributed by atoms with Gasteiger partial charge in [0, 0.05) is 12.6 Å². The highest BCUT2D eigenvalue weighted by Gasteiger charge is 2.15. The third-order valence-corrected chi connectivity index (χ3v) is 4.41. The van der Waals surface area contributed by atoms with Crippen LogP contribution in [0.25, 0.3) is 0 Å². The lowest BCUT2D eigenvalue weighted by Gasteiger charge is -2.10. The van der Waals surface area contributed by atoms with E-state index in [2.05, 4.69) is 20.9 Å². The lowest BCUT2D eigenvalue weighted by molar-refractivity contribution is 0.0947. The number of methoxy groups -OCH3 is 3. The van der Waals surface area contributed by atoms with Crippen molar-refractivity contribution in [1.82, 2.24) is 20.3 Å². The fourth-order valence-electron chi connectivity index (χ4n) is 2.81. The zero-order valence-electron chi connectivity index (χ0n) is 17.4. The maximum absolute atomic E-state index is 12.4. The number of anilines is 1. The van der Waals surface area contributed by atoms with E-state index in [9.17, 15) is 9.59 Å². The van der Waals surface area contributed by atoms with Crippen LogP contribution in [0.3, 0.4) is 0 Å². The molecular weight excluding hydrogens is 402 g/mol. The van der Waals surface area contributed by atoms with E-state index in [1.54, 1.807) is 42.5 Å². The number of rotatable bonds is 9. The number of nitrogens with zero attached hydrogens (tertiary/aromatic N) is 3. The molecule has 0 atom stereocenters. The predicted octanol–water partition coefficient (Wildman–Crippen LogP) is 1.99. The van der Waals surface area contributed by atoms with E-state index in [1.165, 1.54) is 32.2 Å². The Kier molecular flexibility index (Phi) is 7.05. The highest BCUT2D eigenvalue weighted by Crippen LogP contribution is 2.24. The maximum Gasteiger partial charge on any atom is 0.277 e. The van der Waals surface area contributed by atoms with Gasteiger partial charge in [-0.2, -0.15) is 0 Å². The molecule has 3 rings (SSSR count). The molecule has 10 heteroatoms. The SMILES string of the molecule is COc1ccc(C(=O)NCCn2cc(C(=O)Nc3ccccc3OC)nn2)c(OC)c1. The molecule has 0 aliphatic carbocycles. The van der Waals surface area contributed by atoms with Crippen LogP contribution in [0, 0.1) is 0 Å². The monoisotopic (exact) mass is 425 g/mol. The lowest BCUT2D eigenvalue weighted by Crippen LogP contribution is -2.27. The van der Waals surface area contributed by atoms with Crippen molar-refractivity contribution in [2.24, 2.45) is 0 Å². The first-order valence-corrected chi connectivity index (χ1v) is 9.40.